The van der Waals surface area contributed by atoms with Crippen LogP contribution in [0.4, 0.5) is 0 Å². The first kappa shape index (κ1) is 13.7. The monoisotopic (exact) mass is 221 g/mol. The predicted octanol–water partition coefficient (Wildman–Crippen LogP) is -0.584. The maximum Gasteiger partial charge on any atom is 0.324 e. The van der Waals surface area contributed by atoms with E-state index in [0.29, 0.717) is 5.75 Å². The Hall–Kier alpha value is -0.300. The van der Waals surface area contributed by atoms with Crippen LogP contribution in [0.5, 0.6) is 0 Å². The number of aliphatic carboxylic acids is 1. The van der Waals surface area contributed by atoms with Gasteiger partial charge in [-0.05, 0) is 13.8 Å². The Morgan fingerprint density at radius 3 is 2.71 bits per heavy atom. The smallest absolute Gasteiger partial charge is 0.324 e. The first-order valence-corrected chi connectivity index (χ1v) is 5.60. The molecular weight excluding hydrogens is 202 g/mol. The molecule has 0 radical (unpaired) electrons. The van der Waals surface area contributed by atoms with Crippen LogP contribution in [0.15, 0.2) is 0 Å². The summed E-state index contributed by atoms with van der Waals surface area (Å²) in [6.07, 6.45) is -0.0284. The molecule has 84 valence electrons. The van der Waals surface area contributed by atoms with Crippen molar-refractivity contribution >= 4 is 17.7 Å². The molecule has 0 saturated carbocycles. The van der Waals surface area contributed by atoms with Gasteiger partial charge in [-0.25, -0.2) is 0 Å². The number of hydrogen-bond acceptors (Lipinski definition) is 5. The van der Waals surface area contributed by atoms with Crippen molar-refractivity contribution in [3.63, 3.8) is 0 Å². The van der Waals surface area contributed by atoms with E-state index in [-0.39, 0.29) is 6.17 Å². The number of rotatable bonds is 7. The highest BCUT2D eigenvalue weighted by atomic mass is 32.2. The minimum absolute atomic E-state index is 0.0284. The third-order valence-corrected chi connectivity index (χ3v) is 2.90. The van der Waals surface area contributed by atoms with Gasteiger partial charge in [0.2, 0.25) is 0 Å². The van der Waals surface area contributed by atoms with Gasteiger partial charge in [0.25, 0.3) is 0 Å². The average molecular weight is 221 g/mol. The van der Waals surface area contributed by atoms with Gasteiger partial charge in [-0.15, -0.1) is 0 Å². The Kier molecular flexibility index (Phi) is 6.10. The van der Waals surface area contributed by atoms with Gasteiger partial charge in [0.15, 0.2) is 0 Å². The number of nitrogens with one attached hydrogen (secondary N) is 1. The van der Waals surface area contributed by atoms with Gasteiger partial charge >= 0.3 is 5.97 Å². The maximum atomic E-state index is 10.6. The summed E-state index contributed by atoms with van der Waals surface area (Å²) in [6, 6.07) is 0. The van der Waals surface area contributed by atoms with E-state index in [9.17, 15) is 4.79 Å². The summed E-state index contributed by atoms with van der Waals surface area (Å²) in [4.78, 5) is 10.6. The van der Waals surface area contributed by atoms with Gasteiger partial charge in [0, 0.05) is 18.1 Å². The molecule has 0 aromatic heterocycles. The third kappa shape index (κ3) is 6.20. The van der Waals surface area contributed by atoms with Gasteiger partial charge in [-0.1, -0.05) is 0 Å². The van der Waals surface area contributed by atoms with Crippen LogP contribution < -0.4 is 16.8 Å². The summed E-state index contributed by atoms with van der Waals surface area (Å²) in [5.74, 6) is 0.245. The molecule has 0 aromatic rings. The standard InChI is InChI=1S/C8H19N3O2S/c1-6(9)11-3-4-14-5-8(2,10)7(12)13/h6,11H,3-5,9-10H2,1-2H3,(H,12,13)/t6?,8-/m0/s1. The van der Waals surface area contributed by atoms with Crippen LogP contribution in [0.2, 0.25) is 0 Å². The zero-order valence-corrected chi connectivity index (χ0v) is 9.43. The molecule has 2 atom stereocenters. The fourth-order valence-electron chi connectivity index (χ4n) is 0.705. The molecule has 0 fully saturated rings. The molecule has 0 aliphatic carbocycles. The largest absolute Gasteiger partial charge is 0.480 e. The summed E-state index contributed by atoms with van der Waals surface area (Å²) in [6.45, 7) is 4.13. The van der Waals surface area contributed by atoms with Gasteiger partial charge in [0.05, 0.1) is 6.17 Å². The van der Waals surface area contributed by atoms with Crippen LogP contribution in [0.1, 0.15) is 13.8 Å². The summed E-state index contributed by atoms with van der Waals surface area (Å²) in [5, 5.41) is 11.7. The number of nitrogens with two attached hydrogens (primary N) is 2. The van der Waals surface area contributed by atoms with Crippen LogP contribution >= 0.6 is 11.8 Å². The van der Waals surface area contributed by atoms with Gasteiger partial charge < -0.3 is 21.9 Å². The third-order valence-electron chi connectivity index (χ3n) is 1.60. The molecule has 0 bridgehead atoms. The van der Waals surface area contributed by atoms with Crippen molar-refractivity contribution in [3.8, 4) is 0 Å². The van der Waals surface area contributed by atoms with Crippen molar-refractivity contribution in [1.29, 1.82) is 0 Å². The van der Waals surface area contributed by atoms with Gasteiger partial charge in [-0.2, -0.15) is 11.8 Å². The van der Waals surface area contributed by atoms with E-state index < -0.39 is 11.5 Å². The highest BCUT2D eigenvalue weighted by Gasteiger charge is 2.27. The second-order valence-corrected chi connectivity index (χ2v) is 4.62. The van der Waals surface area contributed by atoms with Crippen molar-refractivity contribution in [1.82, 2.24) is 5.32 Å². The van der Waals surface area contributed by atoms with Crippen LogP contribution in [0, 0.1) is 0 Å². The van der Waals surface area contributed by atoms with E-state index in [1.165, 1.54) is 18.7 Å². The fourth-order valence-corrected chi connectivity index (χ4v) is 1.66. The molecule has 14 heavy (non-hydrogen) atoms. The Balaban J connectivity index is 3.49. The number of thioether (sulfide) groups is 1. The second kappa shape index (κ2) is 6.23. The lowest BCUT2D eigenvalue weighted by Crippen LogP contribution is -2.47. The van der Waals surface area contributed by atoms with E-state index >= 15 is 0 Å². The van der Waals surface area contributed by atoms with Crippen molar-refractivity contribution in [3.05, 3.63) is 0 Å². The normalized spacial score (nSPS) is 17.4. The van der Waals surface area contributed by atoms with Gasteiger partial charge in [0.1, 0.15) is 5.54 Å². The SMILES string of the molecule is CC(N)NCCSC[C@](C)(N)C(=O)O. The molecule has 0 aliphatic rings. The maximum absolute atomic E-state index is 10.6. The molecule has 6 N–H and O–H groups in total. The summed E-state index contributed by atoms with van der Waals surface area (Å²) < 4.78 is 0. The topological polar surface area (TPSA) is 101 Å². The lowest BCUT2D eigenvalue weighted by Gasteiger charge is -2.18. The number of carbonyl (C=O) groups is 1. The molecule has 5 nitrogen and oxygen atoms in total. The summed E-state index contributed by atoms with van der Waals surface area (Å²) in [5.41, 5.74) is 9.87. The molecule has 0 saturated heterocycles. The van der Waals surface area contributed by atoms with Gasteiger partial charge in [-0.3, -0.25) is 4.79 Å². The zero-order chi connectivity index (χ0) is 11.2. The first-order chi connectivity index (χ1) is 6.36. The molecule has 6 heteroatoms. The molecule has 0 amide bonds. The minimum Gasteiger partial charge on any atom is -0.480 e. The Morgan fingerprint density at radius 2 is 2.29 bits per heavy atom. The predicted molar refractivity (Wildman–Crippen MR) is 59.2 cm³/mol. The van der Waals surface area contributed by atoms with Crippen molar-refractivity contribution in [2.24, 2.45) is 11.5 Å². The lowest BCUT2D eigenvalue weighted by atomic mass is 10.1. The molecular formula is C8H19N3O2S. The molecule has 0 rings (SSSR count). The summed E-state index contributed by atoms with van der Waals surface area (Å²) in [7, 11) is 0. The van der Waals surface area contributed by atoms with E-state index in [2.05, 4.69) is 5.32 Å². The van der Waals surface area contributed by atoms with Crippen LogP contribution in [-0.4, -0.2) is 40.8 Å². The van der Waals surface area contributed by atoms with E-state index in [0.717, 1.165) is 12.3 Å². The van der Waals surface area contributed by atoms with Crippen molar-refractivity contribution in [2.45, 2.75) is 25.6 Å². The molecule has 0 aromatic carbocycles. The van der Waals surface area contributed by atoms with E-state index in [1.54, 1.807) is 0 Å². The Morgan fingerprint density at radius 1 is 1.71 bits per heavy atom. The highest BCUT2D eigenvalue weighted by molar-refractivity contribution is 7.99. The van der Waals surface area contributed by atoms with E-state index in [1.807, 2.05) is 6.92 Å². The number of carboxylic acids is 1. The highest BCUT2D eigenvalue weighted by Crippen LogP contribution is 2.09. The number of hydrogen-bond donors (Lipinski definition) is 4. The first-order valence-electron chi connectivity index (χ1n) is 4.45. The second-order valence-electron chi connectivity index (χ2n) is 3.52. The van der Waals surface area contributed by atoms with E-state index in [4.69, 9.17) is 16.6 Å². The molecule has 0 spiro atoms. The summed E-state index contributed by atoms with van der Waals surface area (Å²) >= 11 is 1.51. The van der Waals surface area contributed by atoms with Crippen LogP contribution in [-0.2, 0) is 4.79 Å². The average Bonchev–Trinajstić information content (AvgIpc) is 2.02. The van der Waals surface area contributed by atoms with Crippen molar-refractivity contribution < 1.29 is 9.90 Å². The Bertz CT molecular complexity index is 185. The van der Waals surface area contributed by atoms with Crippen molar-refractivity contribution in [2.75, 3.05) is 18.1 Å². The minimum atomic E-state index is -1.14. The fraction of sp³-hybridized carbons (Fsp3) is 0.875. The van der Waals surface area contributed by atoms with Crippen LogP contribution in [0.25, 0.3) is 0 Å². The van der Waals surface area contributed by atoms with Crippen LogP contribution in [0.3, 0.4) is 0 Å². The molecule has 1 unspecified atom stereocenters. The number of carboxylic acid groups (broad SMARTS) is 1. The molecule has 0 aliphatic heterocycles. The quantitative estimate of drug-likeness (QED) is 0.339. The Labute approximate surface area is 88.6 Å². The zero-order valence-electron chi connectivity index (χ0n) is 8.62. The molecule has 0 heterocycles. The lowest BCUT2D eigenvalue weighted by molar-refractivity contribution is -0.141.